The Kier molecular flexibility index (Phi) is 5.51. The van der Waals surface area contributed by atoms with Crippen molar-refractivity contribution in [2.24, 2.45) is 0 Å². The molecular weight excluding hydrogens is 421 g/mol. The minimum Gasteiger partial charge on any atom is -0.451 e. The van der Waals surface area contributed by atoms with Gasteiger partial charge in [-0.3, -0.25) is 0 Å². The molecule has 2 aromatic heterocycles. The molecule has 11 heteroatoms. The molecule has 0 spiro atoms. The molecule has 0 fully saturated rings. The first-order valence-electron chi connectivity index (χ1n) is 9.02. The Hall–Kier alpha value is -3.60. The molecule has 0 amide bonds. The lowest BCUT2D eigenvalue weighted by atomic mass is 10.1. The van der Waals surface area contributed by atoms with Crippen LogP contribution in [0.1, 0.15) is 0 Å². The molecule has 6 nitrogen and oxygen atoms in total. The minimum absolute atomic E-state index is 0.0543. The van der Waals surface area contributed by atoms with E-state index in [0.717, 1.165) is 6.07 Å². The quantitative estimate of drug-likeness (QED) is 0.363. The third kappa shape index (κ3) is 3.79. The number of aromatic nitrogens is 4. The van der Waals surface area contributed by atoms with E-state index < -0.39 is 34.8 Å². The van der Waals surface area contributed by atoms with Crippen molar-refractivity contribution >= 4 is 11.0 Å². The summed E-state index contributed by atoms with van der Waals surface area (Å²) in [5.41, 5.74) is 0.811. The van der Waals surface area contributed by atoms with Gasteiger partial charge in [0.1, 0.15) is 23.6 Å². The molecule has 0 aliphatic rings. The molecule has 0 bridgehead atoms. The summed E-state index contributed by atoms with van der Waals surface area (Å²) in [5, 5.41) is 7.87. The van der Waals surface area contributed by atoms with Crippen LogP contribution in [0.3, 0.4) is 0 Å². The fourth-order valence-electron chi connectivity index (χ4n) is 3.00. The van der Waals surface area contributed by atoms with Crippen LogP contribution < -0.4 is 10.1 Å². The van der Waals surface area contributed by atoms with Crippen LogP contribution in [-0.2, 0) is 6.54 Å². The van der Waals surface area contributed by atoms with Gasteiger partial charge in [0, 0.05) is 30.4 Å². The van der Waals surface area contributed by atoms with Crippen molar-refractivity contribution in [1.29, 1.82) is 0 Å². The maximum atomic E-state index is 14.9. The highest BCUT2D eigenvalue weighted by Crippen LogP contribution is 2.34. The zero-order valence-electron chi connectivity index (χ0n) is 16.0. The van der Waals surface area contributed by atoms with E-state index in [9.17, 15) is 22.0 Å². The van der Waals surface area contributed by atoms with E-state index in [-0.39, 0.29) is 23.1 Å². The van der Waals surface area contributed by atoms with Crippen LogP contribution in [0.25, 0.3) is 22.3 Å². The third-order valence-electron chi connectivity index (χ3n) is 4.47. The molecule has 1 N–H and O–H groups in total. The van der Waals surface area contributed by atoms with E-state index in [2.05, 4.69) is 20.4 Å². The highest BCUT2D eigenvalue weighted by Gasteiger charge is 2.22. The first kappa shape index (κ1) is 20.7. The zero-order chi connectivity index (χ0) is 22.1. The Labute approximate surface area is 172 Å². The number of halogens is 5. The average Bonchev–Trinajstić information content (AvgIpc) is 3.12. The number of likely N-dealkylation sites (N-methyl/N-ethyl adjacent to an activating group) is 1. The van der Waals surface area contributed by atoms with Gasteiger partial charge >= 0.3 is 0 Å². The molecule has 0 atom stereocenters. The summed E-state index contributed by atoms with van der Waals surface area (Å²) in [7, 11) is 1.77. The SMILES string of the molecule is CNCCn1nc(-c2ccc(Oc3c(F)c(F)cc(F)c3F)cc2F)c2cncnc21. The molecule has 0 radical (unpaired) electrons. The van der Waals surface area contributed by atoms with E-state index in [4.69, 9.17) is 4.74 Å². The van der Waals surface area contributed by atoms with Gasteiger partial charge in [-0.25, -0.2) is 27.8 Å². The monoisotopic (exact) mass is 435 g/mol. The van der Waals surface area contributed by atoms with Gasteiger partial charge in [0.05, 0.1) is 11.9 Å². The summed E-state index contributed by atoms with van der Waals surface area (Å²) < 4.78 is 75.7. The van der Waals surface area contributed by atoms with Crippen molar-refractivity contribution in [2.45, 2.75) is 6.54 Å². The number of ether oxygens (including phenoxy) is 1. The van der Waals surface area contributed by atoms with E-state index in [1.54, 1.807) is 11.7 Å². The summed E-state index contributed by atoms with van der Waals surface area (Å²) >= 11 is 0. The number of benzene rings is 2. The van der Waals surface area contributed by atoms with Crippen molar-refractivity contribution in [2.75, 3.05) is 13.6 Å². The Morgan fingerprint density at radius 1 is 1.00 bits per heavy atom. The standard InChI is InChI=1S/C20H14F5N5O/c1-26-4-5-30-20-12(8-27-9-28-20)18(29-30)11-3-2-10(6-13(11)21)31-19-16(24)14(22)7-15(23)17(19)25/h2-3,6-9,26H,4-5H2,1H3. The predicted molar refractivity (Wildman–Crippen MR) is 101 cm³/mol. The van der Waals surface area contributed by atoms with E-state index >= 15 is 0 Å². The number of hydrogen-bond donors (Lipinski definition) is 1. The fourth-order valence-corrected chi connectivity index (χ4v) is 3.00. The average molecular weight is 435 g/mol. The maximum Gasteiger partial charge on any atom is 0.204 e. The van der Waals surface area contributed by atoms with Crippen molar-refractivity contribution in [3.8, 4) is 22.8 Å². The predicted octanol–water partition coefficient (Wildman–Crippen LogP) is 4.20. The van der Waals surface area contributed by atoms with Gasteiger partial charge in [-0.1, -0.05) is 0 Å². The number of nitrogens with one attached hydrogen (secondary N) is 1. The molecular formula is C20H14F5N5O. The second kappa shape index (κ2) is 8.26. The van der Waals surface area contributed by atoms with Gasteiger partial charge < -0.3 is 10.1 Å². The van der Waals surface area contributed by atoms with Crippen molar-refractivity contribution in [3.63, 3.8) is 0 Å². The molecule has 4 aromatic rings. The van der Waals surface area contributed by atoms with Crippen LogP contribution in [0.2, 0.25) is 0 Å². The number of rotatable bonds is 6. The smallest absolute Gasteiger partial charge is 0.204 e. The molecule has 0 aliphatic carbocycles. The maximum absolute atomic E-state index is 14.9. The highest BCUT2D eigenvalue weighted by atomic mass is 19.2. The van der Waals surface area contributed by atoms with Gasteiger partial charge in [-0.05, 0) is 19.2 Å². The Balaban J connectivity index is 1.73. The van der Waals surface area contributed by atoms with Gasteiger partial charge in [0.2, 0.25) is 17.4 Å². The van der Waals surface area contributed by atoms with E-state index in [1.807, 2.05) is 0 Å². The first-order chi connectivity index (χ1) is 14.9. The minimum atomic E-state index is -1.73. The van der Waals surface area contributed by atoms with Gasteiger partial charge in [0.15, 0.2) is 17.3 Å². The summed E-state index contributed by atoms with van der Waals surface area (Å²) in [6, 6.07) is 3.35. The summed E-state index contributed by atoms with van der Waals surface area (Å²) in [5.74, 6) is -9.22. The second-order valence-corrected chi connectivity index (χ2v) is 6.48. The number of hydrogen-bond acceptors (Lipinski definition) is 5. The lowest BCUT2D eigenvalue weighted by Crippen LogP contribution is -2.16. The molecule has 2 heterocycles. The molecule has 31 heavy (non-hydrogen) atoms. The molecule has 2 aromatic carbocycles. The topological polar surface area (TPSA) is 64.9 Å². The molecule has 160 valence electrons. The Bertz CT molecular complexity index is 1250. The van der Waals surface area contributed by atoms with Gasteiger partial charge in [-0.15, -0.1) is 0 Å². The summed E-state index contributed by atoms with van der Waals surface area (Å²) in [6.45, 7) is 1.06. The molecule has 0 unspecified atom stereocenters. The fraction of sp³-hybridized carbons (Fsp3) is 0.150. The van der Waals surface area contributed by atoms with Crippen molar-refractivity contribution in [1.82, 2.24) is 25.1 Å². The lowest BCUT2D eigenvalue weighted by Gasteiger charge is -2.10. The highest BCUT2D eigenvalue weighted by molar-refractivity contribution is 5.90. The number of fused-ring (bicyclic) bond motifs is 1. The summed E-state index contributed by atoms with van der Waals surface area (Å²) in [4.78, 5) is 8.13. The van der Waals surface area contributed by atoms with Crippen LogP contribution in [0, 0.1) is 29.1 Å². The molecule has 0 aliphatic heterocycles. The molecule has 4 rings (SSSR count). The Morgan fingerprint density at radius 3 is 2.42 bits per heavy atom. The van der Waals surface area contributed by atoms with Crippen LogP contribution in [0.5, 0.6) is 11.5 Å². The van der Waals surface area contributed by atoms with Crippen LogP contribution in [0.15, 0.2) is 36.8 Å². The van der Waals surface area contributed by atoms with Crippen molar-refractivity contribution in [3.05, 3.63) is 65.9 Å². The van der Waals surface area contributed by atoms with E-state index in [0.29, 0.717) is 24.1 Å². The zero-order valence-corrected chi connectivity index (χ0v) is 16.0. The van der Waals surface area contributed by atoms with Crippen LogP contribution in [-0.4, -0.2) is 33.3 Å². The molecule has 0 saturated carbocycles. The van der Waals surface area contributed by atoms with Crippen LogP contribution in [0.4, 0.5) is 22.0 Å². The lowest BCUT2D eigenvalue weighted by molar-refractivity contribution is 0.365. The van der Waals surface area contributed by atoms with Gasteiger partial charge in [0.25, 0.3) is 0 Å². The first-order valence-corrected chi connectivity index (χ1v) is 9.02. The van der Waals surface area contributed by atoms with Crippen LogP contribution >= 0.6 is 0 Å². The second-order valence-electron chi connectivity index (χ2n) is 6.48. The normalized spacial score (nSPS) is 11.3. The van der Waals surface area contributed by atoms with E-state index in [1.165, 1.54) is 24.7 Å². The molecule has 0 saturated heterocycles. The third-order valence-corrected chi connectivity index (χ3v) is 4.47. The van der Waals surface area contributed by atoms with Crippen molar-refractivity contribution < 1.29 is 26.7 Å². The Morgan fingerprint density at radius 2 is 1.74 bits per heavy atom. The van der Waals surface area contributed by atoms with Gasteiger partial charge in [-0.2, -0.15) is 13.9 Å². The largest absolute Gasteiger partial charge is 0.451 e. The summed E-state index contributed by atoms with van der Waals surface area (Å²) in [6.07, 6.45) is 2.84. The number of nitrogens with zero attached hydrogens (tertiary/aromatic N) is 4.